The average Bonchev–Trinajstić information content (AvgIpc) is 2.34. The first-order chi connectivity index (χ1) is 8.87. The molecule has 5 heteroatoms. The zero-order chi connectivity index (χ0) is 14.5. The second-order valence-electron chi connectivity index (χ2n) is 6.24. The fourth-order valence-corrected chi connectivity index (χ4v) is 2.59. The Morgan fingerprint density at radius 1 is 1.53 bits per heavy atom. The molecule has 0 aromatic carbocycles. The third kappa shape index (κ3) is 5.37. The first-order valence-electron chi connectivity index (χ1n) is 7.13. The van der Waals surface area contributed by atoms with Crippen molar-refractivity contribution in [2.75, 3.05) is 26.7 Å². The molecule has 0 unspecified atom stereocenters. The predicted octanol–water partition coefficient (Wildman–Crippen LogP) is 1.60. The second-order valence-corrected chi connectivity index (χ2v) is 6.24. The summed E-state index contributed by atoms with van der Waals surface area (Å²) in [5.74, 6) is 0.387. The van der Waals surface area contributed by atoms with Crippen LogP contribution < -0.4 is 5.32 Å². The topological polar surface area (TPSA) is 61.8 Å². The van der Waals surface area contributed by atoms with Gasteiger partial charge < -0.3 is 20.1 Å². The lowest BCUT2D eigenvalue weighted by atomic mass is 9.89. The molecule has 1 amide bonds. The zero-order valence-electron chi connectivity index (χ0n) is 12.6. The normalized spacial score (nSPS) is 22.2. The molecule has 1 aliphatic heterocycles. The first kappa shape index (κ1) is 16.2. The molecule has 0 bridgehead atoms. The molecule has 112 valence electrons. The summed E-state index contributed by atoms with van der Waals surface area (Å²) in [6, 6.07) is 0.259. The number of carbonyl (C=O) groups is 1. The van der Waals surface area contributed by atoms with Gasteiger partial charge in [0.1, 0.15) is 5.60 Å². The summed E-state index contributed by atoms with van der Waals surface area (Å²) < 4.78 is 5.42. The highest BCUT2D eigenvalue weighted by atomic mass is 16.6. The Kier molecular flexibility index (Phi) is 6.07. The van der Waals surface area contributed by atoms with Crippen LogP contribution in [0.4, 0.5) is 4.79 Å². The van der Waals surface area contributed by atoms with E-state index in [0.29, 0.717) is 12.5 Å². The molecule has 0 spiro atoms. The molecule has 0 aliphatic carbocycles. The number of piperidine rings is 1. The number of aliphatic hydroxyl groups is 1. The smallest absolute Gasteiger partial charge is 0.410 e. The van der Waals surface area contributed by atoms with Crippen LogP contribution in [0.1, 0.15) is 40.0 Å². The van der Waals surface area contributed by atoms with E-state index in [1.54, 1.807) is 4.90 Å². The van der Waals surface area contributed by atoms with E-state index < -0.39 is 5.60 Å². The molecule has 1 heterocycles. The standard InChI is InChI=1S/C14H28N2O3/c1-14(2,3)19-13(18)16-8-5-6-11(10-16)12(15-4)7-9-17/h11-12,15,17H,5-10H2,1-4H3/t11-,12+/m0/s1. The van der Waals surface area contributed by atoms with Gasteiger partial charge in [0.2, 0.25) is 0 Å². The maximum Gasteiger partial charge on any atom is 0.410 e. The summed E-state index contributed by atoms with van der Waals surface area (Å²) in [6.07, 6.45) is 2.58. The predicted molar refractivity (Wildman–Crippen MR) is 75.1 cm³/mol. The van der Waals surface area contributed by atoms with Gasteiger partial charge in [-0.2, -0.15) is 0 Å². The monoisotopic (exact) mass is 272 g/mol. The van der Waals surface area contributed by atoms with Crippen LogP contribution in [-0.4, -0.2) is 54.5 Å². The van der Waals surface area contributed by atoms with Crippen molar-refractivity contribution in [2.45, 2.75) is 51.7 Å². The van der Waals surface area contributed by atoms with E-state index in [4.69, 9.17) is 9.84 Å². The van der Waals surface area contributed by atoms with Crippen LogP contribution in [0, 0.1) is 5.92 Å². The minimum Gasteiger partial charge on any atom is -0.444 e. The van der Waals surface area contributed by atoms with Crippen molar-refractivity contribution in [1.82, 2.24) is 10.2 Å². The minimum atomic E-state index is -0.447. The molecule has 2 N–H and O–H groups in total. The van der Waals surface area contributed by atoms with Crippen LogP contribution in [0.2, 0.25) is 0 Å². The highest BCUT2D eigenvalue weighted by Crippen LogP contribution is 2.23. The first-order valence-corrected chi connectivity index (χ1v) is 7.13. The lowest BCUT2D eigenvalue weighted by molar-refractivity contribution is 0.0140. The molecule has 2 atom stereocenters. The Hall–Kier alpha value is -0.810. The van der Waals surface area contributed by atoms with Gasteiger partial charge in [-0.05, 0) is 53.0 Å². The van der Waals surface area contributed by atoms with Gasteiger partial charge in [0.15, 0.2) is 0 Å². The lowest BCUT2D eigenvalue weighted by Crippen LogP contribution is -2.48. The van der Waals surface area contributed by atoms with E-state index in [1.165, 1.54) is 0 Å². The summed E-state index contributed by atoms with van der Waals surface area (Å²) >= 11 is 0. The Morgan fingerprint density at radius 2 is 2.21 bits per heavy atom. The van der Waals surface area contributed by atoms with Gasteiger partial charge >= 0.3 is 6.09 Å². The number of ether oxygens (including phenoxy) is 1. The van der Waals surface area contributed by atoms with Crippen molar-refractivity contribution in [3.05, 3.63) is 0 Å². The highest BCUT2D eigenvalue weighted by molar-refractivity contribution is 5.68. The Bertz CT molecular complexity index is 289. The molecule has 0 aromatic heterocycles. The quantitative estimate of drug-likeness (QED) is 0.816. The molecule has 0 saturated carbocycles. The molecule has 1 aliphatic rings. The van der Waals surface area contributed by atoms with Crippen LogP contribution in [-0.2, 0) is 4.74 Å². The maximum absolute atomic E-state index is 12.1. The lowest BCUT2D eigenvalue weighted by Gasteiger charge is -2.37. The Balaban J connectivity index is 2.56. The fraction of sp³-hybridized carbons (Fsp3) is 0.929. The Labute approximate surface area is 116 Å². The largest absolute Gasteiger partial charge is 0.444 e. The molecule has 1 fully saturated rings. The fourth-order valence-electron chi connectivity index (χ4n) is 2.59. The van der Waals surface area contributed by atoms with E-state index in [9.17, 15) is 4.79 Å². The van der Waals surface area contributed by atoms with Crippen LogP contribution >= 0.6 is 0 Å². The number of amides is 1. The third-order valence-electron chi connectivity index (χ3n) is 3.49. The van der Waals surface area contributed by atoms with Crippen molar-refractivity contribution in [1.29, 1.82) is 0 Å². The second kappa shape index (κ2) is 7.10. The molecule has 1 rings (SSSR count). The van der Waals surface area contributed by atoms with Crippen LogP contribution in [0.15, 0.2) is 0 Å². The molecular formula is C14H28N2O3. The van der Waals surface area contributed by atoms with Gasteiger partial charge in [-0.1, -0.05) is 0 Å². The van der Waals surface area contributed by atoms with Crippen molar-refractivity contribution in [3.8, 4) is 0 Å². The summed E-state index contributed by atoms with van der Waals surface area (Å²) in [7, 11) is 1.91. The number of nitrogens with one attached hydrogen (secondary N) is 1. The van der Waals surface area contributed by atoms with E-state index in [-0.39, 0.29) is 18.7 Å². The number of aliphatic hydroxyl groups excluding tert-OH is 1. The van der Waals surface area contributed by atoms with Gasteiger partial charge in [-0.25, -0.2) is 4.79 Å². The van der Waals surface area contributed by atoms with Crippen molar-refractivity contribution in [3.63, 3.8) is 0 Å². The molecule has 0 aromatic rings. The molecule has 5 nitrogen and oxygen atoms in total. The number of hydrogen-bond donors (Lipinski definition) is 2. The van der Waals surface area contributed by atoms with E-state index in [0.717, 1.165) is 25.8 Å². The summed E-state index contributed by atoms with van der Waals surface area (Å²) in [5.41, 5.74) is -0.447. The van der Waals surface area contributed by atoms with Gasteiger partial charge in [-0.15, -0.1) is 0 Å². The number of carbonyl (C=O) groups excluding carboxylic acids is 1. The summed E-state index contributed by atoms with van der Waals surface area (Å²) in [4.78, 5) is 13.9. The van der Waals surface area contributed by atoms with Gasteiger partial charge in [-0.3, -0.25) is 0 Å². The van der Waals surface area contributed by atoms with Crippen molar-refractivity contribution in [2.24, 2.45) is 5.92 Å². The third-order valence-corrected chi connectivity index (χ3v) is 3.49. The van der Waals surface area contributed by atoms with Gasteiger partial charge in [0.25, 0.3) is 0 Å². The molecule has 1 saturated heterocycles. The number of nitrogens with zero attached hydrogens (tertiary/aromatic N) is 1. The van der Waals surface area contributed by atoms with E-state index >= 15 is 0 Å². The van der Waals surface area contributed by atoms with E-state index in [1.807, 2.05) is 27.8 Å². The van der Waals surface area contributed by atoms with Crippen molar-refractivity contribution < 1.29 is 14.6 Å². The maximum atomic E-state index is 12.1. The van der Waals surface area contributed by atoms with Gasteiger partial charge in [0.05, 0.1) is 0 Å². The average molecular weight is 272 g/mol. The van der Waals surface area contributed by atoms with Crippen LogP contribution in [0.3, 0.4) is 0 Å². The minimum absolute atomic E-state index is 0.175. The summed E-state index contributed by atoms with van der Waals surface area (Å²) in [5, 5.41) is 12.3. The number of rotatable bonds is 4. The van der Waals surface area contributed by atoms with Gasteiger partial charge in [0, 0.05) is 25.7 Å². The van der Waals surface area contributed by atoms with Crippen molar-refractivity contribution >= 4 is 6.09 Å². The van der Waals surface area contributed by atoms with Crippen LogP contribution in [0.25, 0.3) is 0 Å². The number of likely N-dealkylation sites (tertiary alicyclic amines) is 1. The molecular weight excluding hydrogens is 244 g/mol. The molecule has 0 radical (unpaired) electrons. The number of hydrogen-bond acceptors (Lipinski definition) is 4. The Morgan fingerprint density at radius 3 is 2.74 bits per heavy atom. The van der Waals surface area contributed by atoms with E-state index in [2.05, 4.69) is 5.32 Å². The molecule has 19 heavy (non-hydrogen) atoms. The summed E-state index contributed by atoms with van der Waals surface area (Å²) in [6.45, 7) is 7.30. The SMILES string of the molecule is CN[C@H](CCO)[C@H]1CCCN(C(=O)OC(C)(C)C)C1. The van der Waals surface area contributed by atoms with Crippen LogP contribution in [0.5, 0.6) is 0 Å². The highest BCUT2D eigenvalue weighted by Gasteiger charge is 2.30. The zero-order valence-corrected chi connectivity index (χ0v) is 12.6.